The molecule has 1 aliphatic carbocycles. The van der Waals surface area contributed by atoms with Gasteiger partial charge >= 0.3 is 0 Å². The van der Waals surface area contributed by atoms with Gasteiger partial charge in [0.15, 0.2) is 0 Å². The van der Waals surface area contributed by atoms with E-state index in [-0.39, 0.29) is 21.9 Å². The molecule has 5 aromatic rings. The SMILES string of the molecule is CC(C)c1ccccc1C1CCCN1C1CC2(CCN(c3cc(Oc4cnc5[nH]ccc5c4)c(C(=O)NS(=O)(=O)c4ccc(NCC5CCNCC5)c(N)c4)cn3)CC2)C1. The van der Waals surface area contributed by atoms with Crippen molar-refractivity contribution in [1.82, 2.24) is 29.9 Å². The minimum atomic E-state index is -4.30. The van der Waals surface area contributed by atoms with Gasteiger partial charge in [-0.15, -0.1) is 0 Å². The van der Waals surface area contributed by atoms with Crippen LogP contribution in [0, 0.1) is 11.3 Å². The molecule has 4 fully saturated rings. The topological polar surface area (TPSA) is 171 Å². The number of aromatic nitrogens is 3. The van der Waals surface area contributed by atoms with Gasteiger partial charge in [0.25, 0.3) is 15.9 Å². The number of H-pyrrole nitrogens is 1. The first-order chi connectivity index (χ1) is 29.0. The van der Waals surface area contributed by atoms with Crippen LogP contribution in [0.1, 0.15) is 98.7 Å². The van der Waals surface area contributed by atoms with Crippen LogP contribution in [0.4, 0.5) is 17.2 Å². The van der Waals surface area contributed by atoms with Gasteiger partial charge in [-0.05, 0) is 130 Å². The molecule has 1 saturated carbocycles. The van der Waals surface area contributed by atoms with E-state index in [0.29, 0.717) is 52.2 Å². The van der Waals surface area contributed by atoms with Crippen molar-refractivity contribution in [3.05, 3.63) is 95.9 Å². The molecule has 6 N–H and O–H groups in total. The van der Waals surface area contributed by atoms with Crippen molar-refractivity contribution < 1.29 is 17.9 Å². The lowest BCUT2D eigenvalue weighted by Crippen LogP contribution is -2.55. The number of hydrogen-bond donors (Lipinski definition) is 5. The van der Waals surface area contributed by atoms with Gasteiger partial charge < -0.3 is 31.0 Å². The predicted octanol–water partition coefficient (Wildman–Crippen LogP) is 7.57. The van der Waals surface area contributed by atoms with Crippen LogP contribution in [0.3, 0.4) is 0 Å². The van der Waals surface area contributed by atoms with Gasteiger partial charge in [-0.2, -0.15) is 0 Å². The quantitative estimate of drug-likeness (QED) is 0.0786. The standard InChI is InChI=1S/C46H57N9O4S/c1-30(2)36-6-3-4-7-37(36)41-8-5-19-55(41)33-25-46(26-33)14-20-54(21-15-46)43-24-42(59-34-22-32-13-18-49-44(32)52-28-34)38(29-51-43)45(56)53-60(57,58)35-9-10-40(39(47)23-35)50-27-31-11-16-48-17-12-31/h3-4,6-7,9-10,13,18,22-24,28-31,33,41,48,50H,5,8,11-12,14-17,19-21,25-27,47H2,1-2H3,(H,49,52)(H,53,56). The molecule has 4 aliphatic rings. The first-order valence-corrected chi connectivity index (χ1v) is 23.1. The number of piperidine rings is 2. The zero-order valence-electron chi connectivity index (χ0n) is 34.6. The molecule has 1 amide bonds. The summed E-state index contributed by atoms with van der Waals surface area (Å²) in [6.07, 6.45) is 13.9. The number of ether oxygens (including phenoxy) is 1. The third kappa shape index (κ3) is 8.29. The van der Waals surface area contributed by atoms with Crippen LogP contribution in [-0.2, 0) is 10.0 Å². The van der Waals surface area contributed by atoms with Gasteiger partial charge in [-0.1, -0.05) is 38.1 Å². The summed E-state index contributed by atoms with van der Waals surface area (Å²) < 4.78 is 35.8. The highest BCUT2D eigenvalue weighted by Gasteiger charge is 2.50. The normalized spacial score (nSPS) is 20.1. The lowest BCUT2D eigenvalue weighted by atomic mass is 9.60. The van der Waals surface area contributed by atoms with E-state index in [1.807, 2.05) is 12.1 Å². The summed E-state index contributed by atoms with van der Waals surface area (Å²) in [4.78, 5) is 31.1. The van der Waals surface area contributed by atoms with Crippen molar-refractivity contribution in [2.75, 3.05) is 55.2 Å². The number of benzene rings is 2. The Kier molecular flexibility index (Phi) is 11.2. The Morgan fingerprint density at radius 1 is 0.983 bits per heavy atom. The highest BCUT2D eigenvalue weighted by Crippen LogP contribution is 2.54. The average molecular weight is 832 g/mol. The molecule has 0 radical (unpaired) electrons. The summed E-state index contributed by atoms with van der Waals surface area (Å²) in [5, 5.41) is 7.57. The fourth-order valence-electron chi connectivity index (χ4n) is 10.1. The van der Waals surface area contributed by atoms with Crippen molar-refractivity contribution >= 4 is 44.2 Å². The summed E-state index contributed by atoms with van der Waals surface area (Å²) in [7, 11) is -4.30. The summed E-state index contributed by atoms with van der Waals surface area (Å²) in [6.45, 7) is 10.1. The fraction of sp³-hybridized carbons (Fsp3) is 0.457. The highest BCUT2D eigenvalue weighted by atomic mass is 32.2. The van der Waals surface area contributed by atoms with Crippen LogP contribution in [0.5, 0.6) is 11.5 Å². The Labute approximate surface area is 352 Å². The Balaban J connectivity index is 0.888. The summed E-state index contributed by atoms with van der Waals surface area (Å²) in [5.41, 5.74) is 11.3. The van der Waals surface area contributed by atoms with Crippen LogP contribution in [0.2, 0.25) is 0 Å². The number of rotatable bonds is 12. The maximum atomic E-state index is 13.9. The lowest BCUT2D eigenvalue weighted by Gasteiger charge is -2.56. The van der Waals surface area contributed by atoms with E-state index in [0.717, 1.165) is 63.8 Å². The summed E-state index contributed by atoms with van der Waals surface area (Å²) >= 11 is 0. The van der Waals surface area contributed by atoms with E-state index >= 15 is 0 Å². The number of nitrogen functional groups attached to an aromatic ring is 1. The van der Waals surface area contributed by atoms with Crippen molar-refractivity contribution in [2.45, 2.75) is 88.1 Å². The third-order valence-corrected chi connectivity index (χ3v) is 14.9. The molecular weight excluding hydrogens is 775 g/mol. The number of amides is 1. The zero-order chi connectivity index (χ0) is 41.4. The lowest BCUT2D eigenvalue weighted by molar-refractivity contribution is -0.0228. The monoisotopic (exact) mass is 831 g/mol. The van der Waals surface area contributed by atoms with Crippen LogP contribution in [0.15, 0.2) is 84.1 Å². The van der Waals surface area contributed by atoms with E-state index in [1.54, 1.807) is 24.5 Å². The number of likely N-dealkylation sites (tertiary alicyclic amines) is 1. The van der Waals surface area contributed by atoms with Gasteiger partial charge in [0.05, 0.1) is 22.5 Å². The van der Waals surface area contributed by atoms with Gasteiger partial charge in [-0.25, -0.2) is 23.1 Å². The van der Waals surface area contributed by atoms with Gasteiger partial charge in [-0.3, -0.25) is 9.69 Å². The van der Waals surface area contributed by atoms with Gasteiger partial charge in [0, 0.05) is 55.6 Å². The van der Waals surface area contributed by atoms with Crippen LogP contribution in [0.25, 0.3) is 11.0 Å². The molecular formula is C46H57N9O4S. The second-order valence-corrected chi connectivity index (χ2v) is 19.4. The molecule has 316 valence electrons. The van der Waals surface area contributed by atoms with Crippen molar-refractivity contribution in [2.24, 2.45) is 11.3 Å². The molecule has 1 unspecified atom stereocenters. The number of nitrogens with one attached hydrogen (secondary N) is 4. The number of nitrogens with zero attached hydrogens (tertiary/aromatic N) is 4. The molecule has 9 rings (SSSR count). The van der Waals surface area contributed by atoms with Gasteiger partial charge in [0.2, 0.25) is 0 Å². The number of fused-ring (bicyclic) bond motifs is 1. The van der Waals surface area contributed by atoms with Crippen LogP contribution >= 0.6 is 0 Å². The van der Waals surface area contributed by atoms with Crippen molar-refractivity contribution in [3.63, 3.8) is 0 Å². The molecule has 3 saturated heterocycles. The minimum Gasteiger partial charge on any atom is -0.455 e. The number of aromatic amines is 1. The Hall–Kier alpha value is -5.18. The molecule has 1 atom stereocenters. The maximum Gasteiger partial charge on any atom is 0.270 e. The van der Waals surface area contributed by atoms with Crippen LogP contribution in [-0.4, -0.2) is 79.5 Å². The smallest absolute Gasteiger partial charge is 0.270 e. The number of sulfonamides is 1. The Morgan fingerprint density at radius 3 is 2.57 bits per heavy atom. The Bertz CT molecular complexity index is 2450. The van der Waals surface area contributed by atoms with E-state index in [9.17, 15) is 13.2 Å². The van der Waals surface area contributed by atoms with E-state index in [1.165, 1.54) is 61.7 Å². The molecule has 0 bridgehead atoms. The molecule has 3 aromatic heterocycles. The molecule has 13 nitrogen and oxygen atoms in total. The average Bonchev–Trinajstić information content (AvgIpc) is 3.93. The molecule has 1 spiro atoms. The number of nitrogens with two attached hydrogens (primary N) is 1. The fourth-order valence-corrected chi connectivity index (χ4v) is 11.1. The third-order valence-electron chi connectivity index (χ3n) is 13.5. The zero-order valence-corrected chi connectivity index (χ0v) is 35.4. The first-order valence-electron chi connectivity index (χ1n) is 21.7. The minimum absolute atomic E-state index is 0.0146. The van der Waals surface area contributed by atoms with Crippen LogP contribution < -0.4 is 30.7 Å². The molecule has 14 heteroatoms. The maximum absolute atomic E-state index is 13.9. The molecule has 6 heterocycles. The summed E-state index contributed by atoms with van der Waals surface area (Å²) in [5.74, 6) is 1.44. The first kappa shape index (κ1) is 40.2. The van der Waals surface area contributed by atoms with E-state index in [4.69, 9.17) is 15.5 Å². The number of anilines is 3. The Morgan fingerprint density at radius 2 is 1.78 bits per heavy atom. The van der Waals surface area contributed by atoms with Crippen molar-refractivity contribution in [1.29, 1.82) is 0 Å². The second-order valence-electron chi connectivity index (χ2n) is 17.7. The number of carbonyl (C=O) groups is 1. The number of pyridine rings is 2. The highest BCUT2D eigenvalue weighted by molar-refractivity contribution is 7.90. The molecule has 3 aliphatic heterocycles. The largest absolute Gasteiger partial charge is 0.455 e. The number of carbonyl (C=O) groups excluding carboxylic acids is 1. The summed E-state index contributed by atoms with van der Waals surface area (Å²) in [6, 6.07) is 20.1. The molecule has 60 heavy (non-hydrogen) atoms. The molecule has 2 aromatic carbocycles. The van der Waals surface area contributed by atoms with Gasteiger partial charge in [0.1, 0.15) is 28.5 Å². The predicted molar refractivity (Wildman–Crippen MR) is 236 cm³/mol. The second kappa shape index (κ2) is 16.7. The van der Waals surface area contributed by atoms with Crippen molar-refractivity contribution in [3.8, 4) is 11.5 Å². The van der Waals surface area contributed by atoms with E-state index < -0.39 is 15.9 Å². The number of hydrogen-bond acceptors (Lipinski definition) is 11. The van der Waals surface area contributed by atoms with E-state index in [2.05, 4.69) is 73.2 Å².